The molecule has 26 heavy (non-hydrogen) atoms. The third-order valence-corrected chi connectivity index (χ3v) is 4.77. The van der Waals surface area contributed by atoms with Gasteiger partial charge in [0.25, 0.3) is 0 Å². The van der Waals surface area contributed by atoms with E-state index in [1.165, 1.54) is 37.5 Å². The number of aliphatic imine (C=N–C) groups is 1. The molecule has 1 aromatic heterocycles. The van der Waals surface area contributed by atoms with Gasteiger partial charge >= 0.3 is 0 Å². The average molecular weight is 373 g/mol. The number of hydrogen-bond donors (Lipinski definition) is 0. The van der Waals surface area contributed by atoms with Crippen molar-refractivity contribution >= 4 is 24.0 Å². The van der Waals surface area contributed by atoms with Crippen molar-refractivity contribution < 1.29 is 18.0 Å². The molecule has 4 rings (SSSR count). The van der Waals surface area contributed by atoms with Crippen LogP contribution in [0, 0.1) is 5.82 Å². The van der Waals surface area contributed by atoms with Crippen LogP contribution in [-0.4, -0.2) is 34.6 Å². The van der Waals surface area contributed by atoms with E-state index in [0.29, 0.717) is 12.4 Å². The number of halogens is 1. The van der Waals surface area contributed by atoms with E-state index in [-0.39, 0.29) is 17.2 Å². The van der Waals surface area contributed by atoms with Crippen molar-refractivity contribution in [1.29, 1.82) is 0 Å². The normalized spacial score (nSPS) is 21.5. The fourth-order valence-corrected chi connectivity index (χ4v) is 3.46. The molecule has 0 aliphatic carbocycles. The zero-order chi connectivity index (χ0) is 17.9. The van der Waals surface area contributed by atoms with Gasteiger partial charge in [-0.15, -0.1) is 0 Å². The topological polar surface area (TPSA) is 60.1 Å². The molecule has 0 fully saturated rings. The van der Waals surface area contributed by atoms with Crippen LogP contribution in [0.25, 0.3) is 5.70 Å². The Hall–Kier alpha value is -2.42. The van der Waals surface area contributed by atoms with Crippen LogP contribution in [0.1, 0.15) is 11.5 Å². The quantitative estimate of drug-likeness (QED) is 0.438. The molecular formula is C18H16FN3O3S. The average Bonchev–Trinajstić information content (AvgIpc) is 3.30. The summed E-state index contributed by atoms with van der Waals surface area (Å²) in [7, 11) is 1.46. The molecule has 0 radical (unpaired) electrons. The fourth-order valence-electron chi connectivity index (χ4n) is 2.96. The van der Waals surface area contributed by atoms with Gasteiger partial charge in [0.05, 0.1) is 18.6 Å². The third kappa shape index (κ3) is 3.44. The maximum absolute atomic E-state index is 13.2. The lowest BCUT2D eigenvalue weighted by molar-refractivity contribution is -0.160. The van der Waals surface area contributed by atoms with E-state index in [1.807, 2.05) is 12.3 Å². The summed E-state index contributed by atoms with van der Waals surface area (Å²) < 4.78 is 23.6. The van der Waals surface area contributed by atoms with E-state index in [0.717, 1.165) is 16.8 Å². The second-order valence-electron chi connectivity index (χ2n) is 5.76. The van der Waals surface area contributed by atoms with Gasteiger partial charge in [0.15, 0.2) is 0 Å². The largest absolute Gasteiger partial charge is 0.443 e. The minimum Gasteiger partial charge on any atom is -0.443 e. The van der Waals surface area contributed by atoms with E-state index < -0.39 is 0 Å². The Bertz CT molecular complexity index is 849. The number of dihydropyridines is 1. The van der Waals surface area contributed by atoms with E-state index in [1.54, 1.807) is 18.3 Å². The van der Waals surface area contributed by atoms with Gasteiger partial charge in [-0.2, -0.15) is 4.33 Å². The summed E-state index contributed by atoms with van der Waals surface area (Å²) >= 11 is 1.18. The lowest BCUT2D eigenvalue weighted by atomic mass is 10.1. The first-order valence-corrected chi connectivity index (χ1v) is 8.79. The molecule has 2 aliphatic rings. The molecule has 1 aromatic carbocycles. The molecule has 2 aliphatic heterocycles. The lowest BCUT2D eigenvalue weighted by Gasteiger charge is -2.28. The number of hydrogen-bond acceptors (Lipinski definition) is 7. The Labute approximate surface area is 154 Å². The van der Waals surface area contributed by atoms with E-state index in [2.05, 4.69) is 25.8 Å². The van der Waals surface area contributed by atoms with Crippen molar-refractivity contribution in [3.8, 4) is 0 Å². The number of aromatic nitrogens is 1. The number of rotatable bonds is 6. The van der Waals surface area contributed by atoms with Gasteiger partial charge in [-0.05, 0) is 29.3 Å². The summed E-state index contributed by atoms with van der Waals surface area (Å²) in [5.41, 5.74) is 2.84. The molecule has 2 unspecified atom stereocenters. The summed E-state index contributed by atoms with van der Waals surface area (Å²) in [4.78, 5) is 15.6. The third-order valence-electron chi connectivity index (χ3n) is 4.07. The van der Waals surface area contributed by atoms with Crippen molar-refractivity contribution in [3.63, 3.8) is 0 Å². The van der Waals surface area contributed by atoms with E-state index >= 15 is 0 Å². The lowest BCUT2D eigenvalue weighted by Crippen LogP contribution is -2.31. The zero-order valence-corrected chi connectivity index (χ0v) is 14.7. The van der Waals surface area contributed by atoms with Crippen molar-refractivity contribution in [1.82, 2.24) is 9.88 Å². The molecule has 0 saturated heterocycles. The Kier molecular flexibility index (Phi) is 4.87. The maximum Gasteiger partial charge on any atom is 0.242 e. The molecule has 8 heteroatoms. The van der Waals surface area contributed by atoms with Crippen LogP contribution < -0.4 is 0 Å². The van der Waals surface area contributed by atoms with E-state index in [4.69, 9.17) is 8.75 Å². The molecule has 6 nitrogen and oxygen atoms in total. The van der Waals surface area contributed by atoms with Crippen LogP contribution in [0.3, 0.4) is 0 Å². The van der Waals surface area contributed by atoms with Crippen LogP contribution >= 0.6 is 12.0 Å². The predicted molar refractivity (Wildman–Crippen MR) is 96.3 cm³/mol. The van der Waals surface area contributed by atoms with Crippen LogP contribution in [0.15, 0.2) is 63.9 Å². The molecule has 0 saturated carbocycles. The summed E-state index contributed by atoms with van der Waals surface area (Å²) in [6, 6.07) is 6.44. The summed E-state index contributed by atoms with van der Waals surface area (Å²) in [6.45, 7) is 0.556. The first-order valence-electron chi connectivity index (χ1n) is 7.98. The Morgan fingerprint density at radius 2 is 2.15 bits per heavy atom. The van der Waals surface area contributed by atoms with Crippen molar-refractivity contribution in [2.75, 3.05) is 7.11 Å². The van der Waals surface area contributed by atoms with E-state index in [9.17, 15) is 4.39 Å². The van der Waals surface area contributed by atoms with Gasteiger partial charge in [0, 0.05) is 24.8 Å². The molecular weight excluding hydrogens is 357 g/mol. The van der Waals surface area contributed by atoms with Crippen molar-refractivity contribution in [3.05, 3.63) is 71.7 Å². The first-order chi connectivity index (χ1) is 12.7. The maximum atomic E-state index is 13.2. The van der Waals surface area contributed by atoms with Crippen LogP contribution in [0.4, 0.5) is 4.39 Å². The standard InChI is InChI=1S/C18H16FN3O3S/c1-23-25-26-15-8-13-9-16(18-20-6-7-24-18)22(17(13)21-10-15)11-12-2-4-14(19)5-3-12/h2-10,15,17H,11H2,1H3. The summed E-state index contributed by atoms with van der Waals surface area (Å²) in [5, 5.41) is -0.0472. The number of nitrogens with zero attached hydrogens (tertiary/aromatic N) is 3. The predicted octanol–water partition coefficient (Wildman–Crippen LogP) is 3.60. The molecule has 3 heterocycles. The molecule has 0 bridgehead atoms. The van der Waals surface area contributed by atoms with Crippen LogP contribution in [0.2, 0.25) is 0 Å². The second kappa shape index (κ2) is 7.45. The molecule has 2 aromatic rings. The second-order valence-corrected chi connectivity index (χ2v) is 6.63. The van der Waals surface area contributed by atoms with Gasteiger partial charge in [-0.3, -0.25) is 4.99 Å². The van der Waals surface area contributed by atoms with Crippen molar-refractivity contribution in [2.24, 2.45) is 4.99 Å². The fraction of sp³-hybridized carbons (Fsp3) is 0.222. The first kappa shape index (κ1) is 17.0. The number of fused-ring (bicyclic) bond motifs is 1. The number of oxazole rings is 1. The van der Waals surface area contributed by atoms with Gasteiger partial charge in [-0.1, -0.05) is 18.2 Å². The van der Waals surface area contributed by atoms with Crippen LogP contribution in [0.5, 0.6) is 0 Å². The monoisotopic (exact) mass is 373 g/mol. The van der Waals surface area contributed by atoms with Gasteiger partial charge in [-0.25, -0.2) is 14.3 Å². The summed E-state index contributed by atoms with van der Waals surface area (Å²) in [6.07, 6.45) is 8.86. The highest BCUT2D eigenvalue weighted by atomic mass is 32.2. The Morgan fingerprint density at radius 1 is 1.31 bits per heavy atom. The Balaban J connectivity index is 1.63. The summed E-state index contributed by atoms with van der Waals surface area (Å²) in [5.74, 6) is 0.267. The molecule has 0 spiro atoms. The molecule has 0 amide bonds. The molecule has 134 valence electrons. The van der Waals surface area contributed by atoms with Gasteiger partial charge < -0.3 is 9.32 Å². The molecule has 2 atom stereocenters. The van der Waals surface area contributed by atoms with Gasteiger partial charge in [0.2, 0.25) is 5.89 Å². The zero-order valence-electron chi connectivity index (χ0n) is 13.9. The highest BCUT2D eigenvalue weighted by Gasteiger charge is 2.34. The number of benzene rings is 1. The smallest absolute Gasteiger partial charge is 0.242 e. The van der Waals surface area contributed by atoms with Gasteiger partial charge in [0.1, 0.15) is 23.9 Å². The molecule has 0 N–H and O–H groups in total. The highest BCUT2D eigenvalue weighted by Crippen LogP contribution is 2.37. The van der Waals surface area contributed by atoms with Crippen LogP contribution in [-0.2, 0) is 15.8 Å². The minimum absolute atomic E-state index is 0.0472. The SMILES string of the molecule is COOSC1C=NC2C(=C1)C=C(c1ncco1)N2Cc1ccc(F)cc1. The van der Waals surface area contributed by atoms with Crippen molar-refractivity contribution in [2.45, 2.75) is 18.0 Å². The highest BCUT2D eigenvalue weighted by molar-refractivity contribution is 7.96. The minimum atomic E-state index is -0.257. The Morgan fingerprint density at radius 3 is 2.88 bits per heavy atom.